The van der Waals surface area contributed by atoms with E-state index in [1.54, 1.807) is 6.07 Å². The number of hydrogen-bond donors (Lipinski definition) is 1. The molecule has 0 aliphatic carbocycles. The van der Waals surface area contributed by atoms with Gasteiger partial charge in [-0.2, -0.15) is 0 Å². The summed E-state index contributed by atoms with van der Waals surface area (Å²) < 4.78 is 0. The number of fused-ring (bicyclic) bond motifs is 1. The standard InChI is InChI=1S/C9H7Cl2N/c1-5-2-6-3-7(10)4-8(11)9(6)12-5/h2-4,12H,1H3. The van der Waals surface area contributed by atoms with Crippen molar-refractivity contribution in [1.29, 1.82) is 0 Å². The molecule has 12 heavy (non-hydrogen) atoms. The molecule has 0 amide bonds. The van der Waals surface area contributed by atoms with Crippen LogP contribution in [0.4, 0.5) is 0 Å². The van der Waals surface area contributed by atoms with Gasteiger partial charge in [0.2, 0.25) is 0 Å². The molecule has 2 rings (SSSR count). The van der Waals surface area contributed by atoms with Crippen LogP contribution >= 0.6 is 23.2 Å². The third-order valence-electron chi connectivity index (χ3n) is 1.78. The quantitative estimate of drug-likeness (QED) is 0.665. The zero-order valence-electron chi connectivity index (χ0n) is 6.49. The Morgan fingerprint density at radius 2 is 1.92 bits per heavy atom. The highest BCUT2D eigenvalue weighted by molar-refractivity contribution is 6.38. The summed E-state index contributed by atoms with van der Waals surface area (Å²) in [5.74, 6) is 0. The predicted octanol–water partition coefficient (Wildman–Crippen LogP) is 3.78. The highest BCUT2D eigenvalue weighted by Gasteiger charge is 2.02. The molecule has 0 spiro atoms. The molecule has 1 nitrogen and oxygen atoms in total. The number of halogens is 2. The average Bonchev–Trinajstić information content (AvgIpc) is 2.29. The summed E-state index contributed by atoms with van der Waals surface area (Å²) in [7, 11) is 0. The molecule has 62 valence electrons. The molecule has 2 aromatic rings. The largest absolute Gasteiger partial charge is 0.357 e. The lowest BCUT2D eigenvalue weighted by Crippen LogP contribution is -1.71. The lowest BCUT2D eigenvalue weighted by molar-refractivity contribution is 1.30. The molecule has 3 heteroatoms. The first-order valence-corrected chi connectivity index (χ1v) is 4.37. The Morgan fingerprint density at radius 3 is 2.67 bits per heavy atom. The molecule has 0 saturated heterocycles. The van der Waals surface area contributed by atoms with Crippen LogP contribution in [-0.4, -0.2) is 4.98 Å². The van der Waals surface area contributed by atoms with Gasteiger partial charge in [0.1, 0.15) is 0 Å². The summed E-state index contributed by atoms with van der Waals surface area (Å²) >= 11 is 11.8. The van der Waals surface area contributed by atoms with Crippen molar-refractivity contribution in [2.45, 2.75) is 6.92 Å². The van der Waals surface area contributed by atoms with Gasteiger partial charge in [-0.3, -0.25) is 0 Å². The summed E-state index contributed by atoms with van der Waals surface area (Å²) in [5, 5.41) is 2.40. The maximum absolute atomic E-state index is 5.96. The van der Waals surface area contributed by atoms with E-state index in [1.165, 1.54) is 0 Å². The normalized spacial score (nSPS) is 10.9. The lowest BCUT2D eigenvalue weighted by Gasteiger charge is -1.94. The Balaban J connectivity index is 2.88. The van der Waals surface area contributed by atoms with Gasteiger partial charge >= 0.3 is 0 Å². The number of aryl methyl sites for hydroxylation is 1. The molecule has 1 N–H and O–H groups in total. The van der Waals surface area contributed by atoms with Gasteiger partial charge in [0.05, 0.1) is 10.5 Å². The Hall–Kier alpha value is -0.660. The molecule has 0 saturated carbocycles. The topological polar surface area (TPSA) is 15.8 Å². The maximum Gasteiger partial charge on any atom is 0.0661 e. The van der Waals surface area contributed by atoms with Gasteiger partial charge in [-0.05, 0) is 25.1 Å². The van der Waals surface area contributed by atoms with Crippen LogP contribution in [0.25, 0.3) is 10.9 Å². The van der Waals surface area contributed by atoms with E-state index < -0.39 is 0 Å². The zero-order valence-corrected chi connectivity index (χ0v) is 8.00. The van der Waals surface area contributed by atoms with Crippen molar-refractivity contribution in [2.24, 2.45) is 0 Å². The van der Waals surface area contributed by atoms with E-state index in [0.717, 1.165) is 16.6 Å². The SMILES string of the molecule is Cc1cc2cc(Cl)cc(Cl)c2[nH]1. The van der Waals surface area contributed by atoms with Crippen molar-refractivity contribution >= 4 is 34.1 Å². The number of rotatable bonds is 0. The average molecular weight is 200 g/mol. The van der Waals surface area contributed by atoms with Crippen LogP contribution in [-0.2, 0) is 0 Å². The van der Waals surface area contributed by atoms with Crippen molar-refractivity contribution in [3.8, 4) is 0 Å². The zero-order chi connectivity index (χ0) is 8.72. The first-order valence-electron chi connectivity index (χ1n) is 3.61. The highest BCUT2D eigenvalue weighted by Crippen LogP contribution is 2.27. The second-order valence-electron chi connectivity index (χ2n) is 2.80. The Kier molecular flexibility index (Phi) is 1.78. The number of aromatic amines is 1. The molecule has 0 unspecified atom stereocenters. The van der Waals surface area contributed by atoms with Gasteiger partial charge in [-0.15, -0.1) is 0 Å². The molecule has 0 radical (unpaired) electrons. The van der Waals surface area contributed by atoms with Crippen molar-refractivity contribution < 1.29 is 0 Å². The summed E-state index contributed by atoms with van der Waals surface area (Å²) in [5.41, 5.74) is 2.05. The first-order chi connectivity index (χ1) is 5.66. The van der Waals surface area contributed by atoms with E-state index in [2.05, 4.69) is 4.98 Å². The smallest absolute Gasteiger partial charge is 0.0661 e. The molecular formula is C9H7Cl2N. The minimum atomic E-state index is 0.672. The van der Waals surface area contributed by atoms with E-state index in [0.29, 0.717) is 10.0 Å². The van der Waals surface area contributed by atoms with Crippen LogP contribution in [0.2, 0.25) is 10.0 Å². The van der Waals surface area contributed by atoms with Gasteiger partial charge < -0.3 is 4.98 Å². The molecule has 1 aromatic carbocycles. The fourth-order valence-corrected chi connectivity index (χ4v) is 1.86. The molecule has 1 heterocycles. The van der Waals surface area contributed by atoms with Gasteiger partial charge in [0.15, 0.2) is 0 Å². The summed E-state index contributed by atoms with van der Waals surface area (Å²) in [4.78, 5) is 3.16. The fraction of sp³-hybridized carbons (Fsp3) is 0.111. The molecular weight excluding hydrogens is 193 g/mol. The Bertz CT molecular complexity index is 431. The summed E-state index contributed by atoms with van der Waals surface area (Å²) in [6, 6.07) is 5.65. The van der Waals surface area contributed by atoms with E-state index in [9.17, 15) is 0 Å². The highest BCUT2D eigenvalue weighted by atomic mass is 35.5. The number of benzene rings is 1. The number of hydrogen-bond acceptors (Lipinski definition) is 0. The second-order valence-corrected chi connectivity index (χ2v) is 3.65. The minimum absolute atomic E-state index is 0.672. The van der Waals surface area contributed by atoms with Crippen LogP contribution in [0.3, 0.4) is 0 Å². The maximum atomic E-state index is 5.96. The van der Waals surface area contributed by atoms with Gasteiger partial charge in [0.25, 0.3) is 0 Å². The Morgan fingerprint density at radius 1 is 1.17 bits per heavy atom. The third kappa shape index (κ3) is 1.19. The lowest BCUT2D eigenvalue weighted by atomic mass is 10.2. The third-order valence-corrected chi connectivity index (χ3v) is 2.30. The number of H-pyrrole nitrogens is 1. The number of aromatic nitrogens is 1. The van der Waals surface area contributed by atoms with Gasteiger partial charge in [0, 0.05) is 16.1 Å². The first kappa shape index (κ1) is 7.96. The second kappa shape index (κ2) is 2.68. The molecule has 0 aliphatic heterocycles. The van der Waals surface area contributed by atoms with E-state index >= 15 is 0 Å². The molecule has 0 aliphatic rings. The van der Waals surface area contributed by atoms with E-state index in [-0.39, 0.29) is 0 Å². The van der Waals surface area contributed by atoms with Crippen LogP contribution in [0.15, 0.2) is 18.2 Å². The monoisotopic (exact) mass is 199 g/mol. The Labute approximate surface area is 80.3 Å². The van der Waals surface area contributed by atoms with Crippen molar-refractivity contribution in [2.75, 3.05) is 0 Å². The molecule has 1 aromatic heterocycles. The van der Waals surface area contributed by atoms with Crippen LogP contribution in [0, 0.1) is 6.92 Å². The molecule has 0 atom stereocenters. The van der Waals surface area contributed by atoms with Crippen molar-refractivity contribution in [1.82, 2.24) is 4.98 Å². The summed E-state index contributed by atoms with van der Waals surface area (Å²) in [6.45, 7) is 1.99. The van der Waals surface area contributed by atoms with Crippen LogP contribution in [0.1, 0.15) is 5.69 Å². The minimum Gasteiger partial charge on any atom is -0.357 e. The number of nitrogens with one attached hydrogen (secondary N) is 1. The van der Waals surface area contributed by atoms with Crippen molar-refractivity contribution in [3.05, 3.63) is 33.9 Å². The van der Waals surface area contributed by atoms with E-state index in [1.807, 2.05) is 19.1 Å². The van der Waals surface area contributed by atoms with Gasteiger partial charge in [-0.25, -0.2) is 0 Å². The molecule has 0 fully saturated rings. The fourth-order valence-electron chi connectivity index (χ4n) is 1.31. The van der Waals surface area contributed by atoms with Crippen LogP contribution in [0.5, 0.6) is 0 Å². The van der Waals surface area contributed by atoms with E-state index in [4.69, 9.17) is 23.2 Å². The predicted molar refractivity (Wildman–Crippen MR) is 53.1 cm³/mol. The van der Waals surface area contributed by atoms with Gasteiger partial charge in [-0.1, -0.05) is 23.2 Å². The molecule has 0 bridgehead atoms. The van der Waals surface area contributed by atoms with Crippen molar-refractivity contribution in [3.63, 3.8) is 0 Å². The van der Waals surface area contributed by atoms with Crippen LogP contribution < -0.4 is 0 Å². The summed E-state index contributed by atoms with van der Waals surface area (Å²) in [6.07, 6.45) is 0.